The largest absolute Gasteiger partial charge is 0.459 e. The number of hydrogen-bond donors (Lipinski definition) is 1. The fraction of sp³-hybridized carbons (Fsp3) is 0.286. The zero-order valence-electron chi connectivity index (χ0n) is 23.0. The molecule has 4 rings (SSSR count). The Hall–Kier alpha value is -5.53. The highest BCUT2D eigenvalue weighted by molar-refractivity contribution is 6.03. The molecular weight excluding hydrogens is 564 g/mol. The SMILES string of the molecule is CC(=O)O[C@H]1[C@H](n2ccc(NC(=O)c3ccccc3)nc2=O)O[C@](CN=[N+]=[N-])(COC(=O)c2ccccc2)[C@H]1OC(C)=O. The van der Waals surface area contributed by atoms with Gasteiger partial charge in [0.1, 0.15) is 12.4 Å². The van der Waals surface area contributed by atoms with Crippen molar-refractivity contribution in [1.29, 1.82) is 0 Å². The molecule has 15 heteroatoms. The molecule has 0 unspecified atom stereocenters. The van der Waals surface area contributed by atoms with E-state index < -0.39 is 66.7 Å². The quantitative estimate of drug-likeness (QED) is 0.120. The number of nitrogens with zero attached hydrogens (tertiary/aromatic N) is 5. The molecule has 0 radical (unpaired) electrons. The highest BCUT2D eigenvalue weighted by Gasteiger charge is 2.60. The summed E-state index contributed by atoms with van der Waals surface area (Å²) in [6.07, 6.45) is -3.24. The van der Waals surface area contributed by atoms with E-state index >= 15 is 0 Å². The fourth-order valence-electron chi connectivity index (χ4n) is 4.44. The molecule has 0 bridgehead atoms. The minimum Gasteiger partial charge on any atom is -0.459 e. The fourth-order valence-corrected chi connectivity index (χ4v) is 4.44. The first kappa shape index (κ1) is 30.4. The second-order valence-corrected chi connectivity index (χ2v) is 9.33. The average Bonchev–Trinajstić information content (AvgIpc) is 3.27. The van der Waals surface area contributed by atoms with Crippen LogP contribution in [0.3, 0.4) is 0 Å². The Balaban J connectivity index is 1.70. The van der Waals surface area contributed by atoms with Crippen LogP contribution in [0.5, 0.6) is 0 Å². The van der Waals surface area contributed by atoms with Crippen LogP contribution >= 0.6 is 0 Å². The second kappa shape index (κ2) is 13.4. The Morgan fingerprint density at radius 2 is 1.63 bits per heavy atom. The van der Waals surface area contributed by atoms with E-state index in [1.807, 2.05) is 0 Å². The molecule has 0 spiro atoms. The van der Waals surface area contributed by atoms with Crippen molar-refractivity contribution in [3.8, 4) is 0 Å². The average molecular weight is 591 g/mol. The molecule has 43 heavy (non-hydrogen) atoms. The van der Waals surface area contributed by atoms with Gasteiger partial charge in [0.25, 0.3) is 5.91 Å². The number of ether oxygens (including phenoxy) is 4. The maximum atomic E-state index is 13.2. The van der Waals surface area contributed by atoms with Gasteiger partial charge in [0.15, 0.2) is 24.0 Å². The van der Waals surface area contributed by atoms with Gasteiger partial charge in [-0.1, -0.05) is 41.5 Å². The van der Waals surface area contributed by atoms with Crippen LogP contribution in [0.2, 0.25) is 0 Å². The van der Waals surface area contributed by atoms with Crippen molar-refractivity contribution in [2.24, 2.45) is 5.11 Å². The molecule has 4 atom stereocenters. The summed E-state index contributed by atoms with van der Waals surface area (Å²) in [6.45, 7) is 1.00. The zero-order chi connectivity index (χ0) is 31.0. The lowest BCUT2D eigenvalue weighted by Gasteiger charge is -2.32. The first-order chi connectivity index (χ1) is 20.6. The standard InChI is InChI=1S/C28H26N6O9/c1-17(35)41-22-23(42-18(2)36)28(15-30-33-29,16-40-26(38)20-11-7-4-8-12-20)43-25(22)34-14-13-21(32-27(34)39)31-24(37)19-9-5-3-6-10-19/h3-14,22-23,25H,15-16H2,1-2H3,(H,31,32,37,39)/t22-,23+,25-,28-/m1/s1. The molecule has 0 aliphatic carbocycles. The molecule has 1 aromatic heterocycles. The van der Waals surface area contributed by atoms with E-state index in [-0.39, 0.29) is 11.4 Å². The highest BCUT2D eigenvalue weighted by atomic mass is 16.7. The van der Waals surface area contributed by atoms with E-state index in [0.29, 0.717) is 5.56 Å². The van der Waals surface area contributed by atoms with Gasteiger partial charge >= 0.3 is 23.6 Å². The molecule has 1 fully saturated rings. The summed E-state index contributed by atoms with van der Waals surface area (Å²) in [5.41, 5.74) is 6.79. The topological polar surface area (TPSA) is 201 Å². The normalized spacial score (nSPS) is 20.7. The molecule has 2 heterocycles. The molecule has 2 aromatic carbocycles. The number of amides is 1. The monoisotopic (exact) mass is 590 g/mol. The van der Waals surface area contributed by atoms with Gasteiger partial charge in [-0.3, -0.25) is 19.0 Å². The summed E-state index contributed by atoms with van der Waals surface area (Å²) in [4.78, 5) is 69.4. The lowest BCUT2D eigenvalue weighted by atomic mass is 9.95. The number of azide groups is 1. The highest BCUT2D eigenvalue weighted by Crippen LogP contribution is 2.41. The molecule has 1 aliphatic rings. The van der Waals surface area contributed by atoms with Crippen molar-refractivity contribution in [3.63, 3.8) is 0 Å². The number of esters is 3. The van der Waals surface area contributed by atoms with Crippen molar-refractivity contribution >= 4 is 29.6 Å². The second-order valence-electron chi connectivity index (χ2n) is 9.33. The van der Waals surface area contributed by atoms with E-state index in [4.69, 9.17) is 24.5 Å². The number of benzene rings is 2. The minimum atomic E-state index is -1.90. The van der Waals surface area contributed by atoms with Crippen LogP contribution in [0, 0.1) is 0 Å². The smallest absolute Gasteiger partial charge is 0.351 e. The van der Waals surface area contributed by atoms with Crippen molar-refractivity contribution in [3.05, 3.63) is 105 Å². The van der Waals surface area contributed by atoms with Crippen LogP contribution in [-0.4, -0.2) is 64.3 Å². The molecule has 3 aromatic rings. The number of carbonyl (C=O) groups is 4. The number of carbonyl (C=O) groups excluding carboxylic acids is 4. The summed E-state index contributed by atoms with van der Waals surface area (Å²) in [5, 5.41) is 6.07. The number of nitrogens with one attached hydrogen (secondary N) is 1. The molecule has 1 N–H and O–H groups in total. The summed E-state index contributed by atoms with van der Waals surface area (Å²) < 4.78 is 23.5. The van der Waals surface area contributed by atoms with Crippen molar-refractivity contribution in [2.45, 2.75) is 37.9 Å². The van der Waals surface area contributed by atoms with E-state index in [0.717, 1.165) is 18.4 Å². The minimum absolute atomic E-state index is 0.0780. The molecule has 15 nitrogen and oxygen atoms in total. The van der Waals surface area contributed by atoms with E-state index in [1.54, 1.807) is 48.5 Å². The maximum absolute atomic E-state index is 13.2. The van der Waals surface area contributed by atoms with Crippen LogP contribution in [0.4, 0.5) is 5.82 Å². The summed E-state index contributed by atoms with van der Waals surface area (Å²) in [7, 11) is 0. The lowest BCUT2D eigenvalue weighted by Crippen LogP contribution is -2.52. The number of rotatable bonds is 10. The van der Waals surface area contributed by atoms with E-state index in [2.05, 4.69) is 20.3 Å². The lowest BCUT2D eigenvalue weighted by molar-refractivity contribution is -0.170. The van der Waals surface area contributed by atoms with E-state index in [1.165, 1.54) is 24.4 Å². The van der Waals surface area contributed by atoms with Crippen LogP contribution in [-0.2, 0) is 28.5 Å². The predicted molar refractivity (Wildman–Crippen MR) is 148 cm³/mol. The summed E-state index contributed by atoms with van der Waals surface area (Å²) in [5.74, 6) is -3.00. The van der Waals surface area contributed by atoms with Crippen molar-refractivity contribution < 1.29 is 38.1 Å². The molecule has 1 amide bonds. The maximum Gasteiger partial charge on any atom is 0.351 e. The Bertz CT molecular complexity index is 1610. The first-order valence-corrected chi connectivity index (χ1v) is 12.8. The van der Waals surface area contributed by atoms with Crippen molar-refractivity contribution in [2.75, 3.05) is 18.5 Å². The van der Waals surface area contributed by atoms with Gasteiger partial charge in [0, 0.05) is 30.5 Å². The van der Waals surface area contributed by atoms with Crippen LogP contribution in [0.1, 0.15) is 40.8 Å². The third-order valence-corrected chi connectivity index (χ3v) is 6.29. The number of hydrogen-bond acceptors (Lipinski definition) is 11. The third-order valence-electron chi connectivity index (χ3n) is 6.29. The number of anilines is 1. The predicted octanol–water partition coefficient (Wildman–Crippen LogP) is 2.79. The van der Waals surface area contributed by atoms with Crippen LogP contribution in [0.15, 0.2) is 82.8 Å². The Morgan fingerprint density at radius 3 is 2.21 bits per heavy atom. The van der Waals surface area contributed by atoms with Crippen molar-refractivity contribution in [1.82, 2.24) is 9.55 Å². The van der Waals surface area contributed by atoms with Crippen LogP contribution < -0.4 is 11.0 Å². The van der Waals surface area contributed by atoms with E-state index in [9.17, 15) is 24.0 Å². The van der Waals surface area contributed by atoms with Crippen LogP contribution in [0.25, 0.3) is 10.4 Å². The Labute approximate surface area is 244 Å². The Kier molecular flexibility index (Phi) is 9.50. The zero-order valence-corrected chi connectivity index (χ0v) is 23.0. The number of aromatic nitrogens is 2. The van der Waals surface area contributed by atoms with Gasteiger partial charge in [-0.25, -0.2) is 9.59 Å². The molecule has 1 saturated heterocycles. The molecule has 1 aliphatic heterocycles. The van der Waals surface area contributed by atoms with Gasteiger partial charge < -0.3 is 24.3 Å². The summed E-state index contributed by atoms with van der Waals surface area (Å²) >= 11 is 0. The van der Waals surface area contributed by atoms with Gasteiger partial charge in [0.2, 0.25) is 0 Å². The molecule has 0 saturated carbocycles. The first-order valence-electron chi connectivity index (χ1n) is 12.8. The van der Waals surface area contributed by atoms with Gasteiger partial charge in [-0.05, 0) is 35.9 Å². The van der Waals surface area contributed by atoms with Gasteiger partial charge in [-0.2, -0.15) is 4.98 Å². The molecular formula is C28H26N6O9. The van der Waals surface area contributed by atoms with Gasteiger partial charge in [-0.15, -0.1) is 0 Å². The molecule has 222 valence electrons. The Morgan fingerprint density at radius 1 is 1.00 bits per heavy atom. The van der Waals surface area contributed by atoms with Gasteiger partial charge in [0.05, 0.1) is 12.1 Å². The third kappa shape index (κ3) is 7.22. The summed E-state index contributed by atoms with van der Waals surface area (Å²) in [6, 6.07) is 17.5.